The fourth-order valence-corrected chi connectivity index (χ4v) is 2.98. The van der Waals surface area contributed by atoms with Gasteiger partial charge >= 0.3 is 0 Å². The number of hydrogen-bond acceptors (Lipinski definition) is 4. The number of carbonyl (C=O) groups excluding carboxylic acids is 2. The lowest BCUT2D eigenvalue weighted by Crippen LogP contribution is -2.18. The topological polar surface area (TPSA) is 67.4 Å². The zero-order valence-corrected chi connectivity index (χ0v) is 16.6. The molecule has 0 aliphatic carbocycles. The lowest BCUT2D eigenvalue weighted by Gasteiger charge is -2.12. The number of amides is 2. The molecule has 5 nitrogen and oxygen atoms in total. The molecule has 2 aromatic carbocycles. The highest BCUT2D eigenvalue weighted by atomic mass is 35.5. The van der Waals surface area contributed by atoms with Crippen molar-refractivity contribution < 1.29 is 14.3 Å². The number of ether oxygens (including phenoxy) is 1. The summed E-state index contributed by atoms with van der Waals surface area (Å²) in [5.41, 5.74) is 2.04. The van der Waals surface area contributed by atoms with Crippen LogP contribution in [0.15, 0.2) is 36.4 Å². The summed E-state index contributed by atoms with van der Waals surface area (Å²) in [7, 11) is 1.51. The van der Waals surface area contributed by atoms with Crippen LogP contribution in [0.3, 0.4) is 0 Å². The monoisotopic (exact) mass is 412 g/mol. The van der Waals surface area contributed by atoms with E-state index >= 15 is 0 Å². The van der Waals surface area contributed by atoms with Gasteiger partial charge in [-0.1, -0.05) is 23.2 Å². The van der Waals surface area contributed by atoms with Crippen LogP contribution in [0.1, 0.15) is 5.56 Å². The quantitative estimate of drug-likeness (QED) is 0.695. The predicted molar refractivity (Wildman–Crippen MR) is 109 cm³/mol. The largest absolute Gasteiger partial charge is 0.495 e. The first-order valence-electron chi connectivity index (χ1n) is 7.66. The van der Waals surface area contributed by atoms with Crippen LogP contribution < -0.4 is 15.4 Å². The van der Waals surface area contributed by atoms with E-state index < -0.39 is 0 Å². The van der Waals surface area contributed by atoms with Gasteiger partial charge in [0.15, 0.2) is 0 Å². The number of carbonyl (C=O) groups is 2. The molecule has 0 aliphatic heterocycles. The van der Waals surface area contributed by atoms with Crippen molar-refractivity contribution >= 4 is 58.2 Å². The Morgan fingerprint density at radius 2 is 1.65 bits per heavy atom. The first-order chi connectivity index (χ1) is 12.4. The van der Waals surface area contributed by atoms with Crippen LogP contribution in [0.5, 0.6) is 5.75 Å². The van der Waals surface area contributed by atoms with Crippen LogP contribution in [0.4, 0.5) is 11.4 Å². The Morgan fingerprint density at radius 1 is 1.04 bits per heavy atom. The maximum Gasteiger partial charge on any atom is 0.234 e. The molecule has 0 spiro atoms. The lowest BCUT2D eigenvalue weighted by atomic mass is 10.2. The zero-order chi connectivity index (χ0) is 19.1. The number of methoxy groups -OCH3 is 1. The van der Waals surface area contributed by atoms with Gasteiger partial charge in [0.05, 0.1) is 24.3 Å². The fraction of sp³-hybridized carbons (Fsp3) is 0.222. The predicted octanol–water partition coefficient (Wildman–Crippen LogP) is 4.62. The molecule has 2 amide bonds. The van der Waals surface area contributed by atoms with Crippen LogP contribution in [0.25, 0.3) is 0 Å². The van der Waals surface area contributed by atoms with Crippen LogP contribution in [0, 0.1) is 6.92 Å². The summed E-state index contributed by atoms with van der Waals surface area (Å²) < 4.78 is 5.22. The molecule has 138 valence electrons. The van der Waals surface area contributed by atoms with Gasteiger partial charge < -0.3 is 15.4 Å². The van der Waals surface area contributed by atoms with Crippen molar-refractivity contribution in [2.24, 2.45) is 0 Å². The summed E-state index contributed by atoms with van der Waals surface area (Å²) in [6, 6.07) is 10.2. The number of benzene rings is 2. The highest BCUT2D eigenvalue weighted by Gasteiger charge is 2.11. The standard InChI is InChI=1S/C18H18Cl2N2O3S/c1-11-7-15(16(25-2)8-14(11)20)22-18(24)10-26-9-17(23)21-13-5-3-12(19)4-6-13/h3-8H,9-10H2,1-2H3,(H,21,23)(H,22,24). The van der Waals surface area contributed by atoms with Crippen LogP contribution >= 0.6 is 35.0 Å². The third-order valence-electron chi connectivity index (χ3n) is 3.35. The highest BCUT2D eigenvalue weighted by molar-refractivity contribution is 8.00. The minimum absolute atomic E-state index is 0.138. The zero-order valence-electron chi connectivity index (χ0n) is 14.3. The molecule has 0 unspecified atom stereocenters. The van der Waals surface area contributed by atoms with E-state index in [-0.39, 0.29) is 23.3 Å². The van der Waals surface area contributed by atoms with Gasteiger partial charge in [-0.25, -0.2) is 0 Å². The van der Waals surface area contributed by atoms with Gasteiger partial charge in [-0.05, 0) is 42.8 Å². The van der Waals surface area contributed by atoms with E-state index in [1.807, 2.05) is 6.92 Å². The molecule has 0 bridgehead atoms. The van der Waals surface area contributed by atoms with Gasteiger partial charge in [0.25, 0.3) is 0 Å². The second-order valence-electron chi connectivity index (χ2n) is 5.40. The molecule has 2 aromatic rings. The summed E-state index contributed by atoms with van der Waals surface area (Å²) in [5, 5.41) is 6.67. The number of rotatable bonds is 7. The molecule has 0 atom stereocenters. The SMILES string of the molecule is COc1cc(Cl)c(C)cc1NC(=O)CSCC(=O)Nc1ccc(Cl)cc1. The van der Waals surface area contributed by atoms with E-state index in [2.05, 4.69) is 10.6 Å². The van der Waals surface area contributed by atoms with Crippen LogP contribution in [-0.4, -0.2) is 30.4 Å². The Hall–Kier alpha value is -1.89. The van der Waals surface area contributed by atoms with E-state index in [0.29, 0.717) is 27.2 Å². The fourth-order valence-electron chi connectivity index (χ4n) is 2.08. The number of halogens is 2. The molecule has 0 aromatic heterocycles. The molecular weight excluding hydrogens is 395 g/mol. The number of anilines is 2. The molecule has 0 saturated heterocycles. The molecule has 26 heavy (non-hydrogen) atoms. The minimum Gasteiger partial charge on any atom is -0.495 e. The van der Waals surface area contributed by atoms with Gasteiger partial charge in [-0.3, -0.25) is 9.59 Å². The average Bonchev–Trinajstić information content (AvgIpc) is 2.60. The first kappa shape index (κ1) is 20.4. The second-order valence-corrected chi connectivity index (χ2v) is 7.23. The van der Waals surface area contributed by atoms with Gasteiger partial charge in [0.1, 0.15) is 5.75 Å². The molecule has 8 heteroatoms. The van der Waals surface area contributed by atoms with Crippen molar-refractivity contribution in [1.82, 2.24) is 0 Å². The van der Waals surface area contributed by atoms with Gasteiger partial charge in [0, 0.05) is 21.8 Å². The Bertz CT molecular complexity index is 798. The molecule has 0 fully saturated rings. The Morgan fingerprint density at radius 3 is 2.27 bits per heavy atom. The maximum atomic E-state index is 12.1. The van der Waals surface area contributed by atoms with E-state index in [1.54, 1.807) is 36.4 Å². The Kier molecular flexibility index (Phi) is 7.63. The summed E-state index contributed by atoms with van der Waals surface area (Å²) in [4.78, 5) is 24.0. The summed E-state index contributed by atoms with van der Waals surface area (Å²) in [6.07, 6.45) is 0. The molecule has 0 radical (unpaired) electrons. The minimum atomic E-state index is -0.227. The summed E-state index contributed by atoms with van der Waals surface area (Å²) >= 11 is 13.1. The molecular formula is C18H18Cl2N2O3S. The molecule has 0 saturated carbocycles. The van der Waals surface area contributed by atoms with Crippen molar-refractivity contribution in [3.8, 4) is 5.75 Å². The lowest BCUT2D eigenvalue weighted by molar-refractivity contribution is -0.114. The van der Waals surface area contributed by atoms with Gasteiger partial charge in [-0.15, -0.1) is 11.8 Å². The summed E-state index contributed by atoms with van der Waals surface area (Å²) in [5.74, 6) is 0.366. The average molecular weight is 413 g/mol. The van der Waals surface area contributed by atoms with E-state index in [4.69, 9.17) is 27.9 Å². The Balaban J connectivity index is 1.81. The maximum absolute atomic E-state index is 12.1. The number of hydrogen-bond donors (Lipinski definition) is 2. The molecule has 2 rings (SSSR count). The van der Waals surface area contributed by atoms with E-state index in [0.717, 1.165) is 5.56 Å². The van der Waals surface area contributed by atoms with Crippen molar-refractivity contribution in [3.63, 3.8) is 0 Å². The third-order valence-corrected chi connectivity index (χ3v) is 4.94. The van der Waals surface area contributed by atoms with Crippen molar-refractivity contribution in [3.05, 3.63) is 52.0 Å². The normalized spacial score (nSPS) is 10.3. The second kappa shape index (κ2) is 9.71. The number of aryl methyl sites for hydroxylation is 1. The highest BCUT2D eigenvalue weighted by Crippen LogP contribution is 2.31. The third kappa shape index (κ3) is 6.12. The number of nitrogens with one attached hydrogen (secondary N) is 2. The van der Waals surface area contributed by atoms with Gasteiger partial charge in [0.2, 0.25) is 11.8 Å². The van der Waals surface area contributed by atoms with E-state index in [1.165, 1.54) is 18.9 Å². The number of thioether (sulfide) groups is 1. The van der Waals surface area contributed by atoms with Crippen molar-refractivity contribution in [1.29, 1.82) is 0 Å². The molecule has 0 aliphatic rings. The first-order valence-corrected chi connectivity index (χ1v) is 9.57. The Labute approximate surface area is 166 Å². The van der Waals surface area contributed by atoms with Crippen LogP contribution in [0.2, 0.25) is 10.0 Å². The molecule has 0 heterocycles. The van der Waals surface area contributed by atoms with E-state index in [9.17, 15) is 9.59 Å². The van der Waals surface area contributed by atoms with Crippen molar-refractivity contribution in [2.45, 2.75) is 6.92 Å². The smallest absolute Gasteiger partial charge is 0.234 e. The van der Waals surface area contributed by atoms with Gasteiger partial charge in [-0.2, -0.15) is 0 Å². The van der Waals surface area contributed by atoms with Crippen LogP contribution in [-0.2, 0) is 9.59 Å². The molecule has 2 N–H and O–H groups in total. The summed E-state index contributed by atoms with van der Waals surface area (Å²) in [6.45, 7) is 1.84. The van der Waals surface area contributed by atoms with Crippen molar-refractivity contribution in [2.75, 3.05) is 29.2 Å².